The van der Waals surface area contributed by atoms with Crippen LogP contribution >= 0.6 is 0 Å². The van der Waals surface area contributed by atoms with Gasteiger partial charge in [0.2, 0.25) is 0 Å². The lowest BCUT2D eigenvalue weighted by atomic mass is 9.92. The van der Waals surface area contributed by atoms with Crippen LogP contribution in [-0.4, -0.2) is 41.0 Å². The molecule has 2 aliphatic rings. The Bertz CT molecular complexity index is 1090. The van der Waals surface area contributed by atoms with E-state index in [-0.39, 0.29) is 23.7 Å². The molecule has 1 unspecified atom stereocenters. The van der Waals surface area contributed by atoms with Crippen LogP contribution in [0.25, 0.3) is 0 Å². The van der Waals surface area contributed by atoms with Gasteiger partial charge in [0.1, 0.15) is 11.4 Å². The summed E-state index contributed by atoms with van der Waals surface area (Å²) in [5, 5.41) is 14.0. The van der Waals surface area contributed by atoms with Gasteiger partial charge >= 0.3 is 6.18 Å². The normalized spacial score (nSPS) is 21.7. The minimum atomic E-state index is -4.83. The number of fused-ring (bicyclic) bond motifs is 1. The number of nitro benzene ring substituents is 1. The topological polar surface area (TPSA) is 84.7 Å². The summed E-state index contributed by atoms with van der Waals surface area (Å²) >= 11 is 0. The first-order valence-electron chi connectivity index (χ1n) is 11.4. The van der Waals surface area contributed by atoms with E-state index >= 15 is 0 Å². The van der Waals surface area contributed by atoms with Gasteiger partial charge in [-0.1, -0.05) is 6.07 Å². The number of benzene rings is 2. The van der Waals surface area contributed by atoms with Crippen molar-refractivity contribution in [3.8, 4) is 0 Å². The number of halogens is 4. The summed E-state index contributed by atoms with van der Waals surface area (Å²) in [5.41, 5.74) is -0.212. The molecule has 1 N–H and O–H groups in total. The molecule has 4 rings (SSSR count). The van der Waals surface area contributed by atoms with Gasteiger partial charge in [-0.15, -0.1) is 0 Å². The molecule has 0 bridgehead atoms. The highest BCUT2D eigenvalue weighted by Crippen LogP contribution is 2.38. The number of rotatable bonds is 7. The maximum Gasteiger partial charge on any atom is 0.423 e. The summed E-state index contributed by atoms with van der Waals surface area (Å²) in [4.78, 5) is 23.6. The second-order valence-electron chi connectivity index (χ2n) is 8.90. The van der Waals surface area contributed by atoms with Gasteiger partial charge in [-0.2, -0.15) is 13.2 Å². The van der Waals surface area contributed by atoms with Crippen molar-refractivity contribution >= 4 is 17.7 Å². The Kier molecular flexibility index (Phi) is 7.36. The fraction of sp³-hybridized carbons (Fsp3) is 0.458. The van der Waals surface area contributed by atoms with E-state index in [1.807, 2.05) is 4.90 Å². The van der Waals surface area contributed by atoms with Gasteiger partial charge in [-0.05, 0) is 67.5 Å². The Hall–Kier alpha value is -3.05. The number of hydrogen-bond acceptors (Lipinski definition) is 6. The zero-order valence-electron chi connectivity index (χ0n) is 18.8. The van der Waals surface area contributed by atoms with Crippen molar-refractivity contribution in [2.45, 2.75) is 63.2 Å². The van der Waals surface area contributed by atoms with Gasteiger partial charge in [0.15, 0.2) is 12.5 Å². The van der Waals surface area contributed by atoms with Crippen molar-refractivity contribution in [3.63, 3.8) is 0 Å². The molecule has 1 atom stereocenters. The molecule has 0 radical (unpaired) electrons. The number of ether oxygens (including phenoxy) is 1. The second-order valence-corrected chi connectivity index (χ2v) is 8.90. The third-order valence-corrected chi connectivity index (χ3v) is 6.56. The largest absolute Gasteiger partial charge is 0.423 e. The van der Waals surface area contributed by atoms with Crippen molar-refractivity contribution in [3.05, 3.63) is 69.0 Å². The molecule has 1 heterocycles. The molecule has 188 valence electrons. The molecular formula is C24H25F4N3O4. The second kappa shape index (κ2) is 10.3. The molecule has 11 heteroatoms. The van der Waals surface area contributed by atoms with Gasteiger partial charge in [0.05, 0.1) is 11.0 Å². The van der Waals surface area contributed by atoms with Gasteiger partial charge in [0, 0.05) is 30.9 Å². The first kappa shape index (κ1) is 25.1. The van der Waals surface area contributed by atoms with Crippen molar-refractivity contribution in [2.24, 2.45) is 0 Å². The number of nitrogens with zero attached hydrogens (tertiary/aromatic N) is 2. The van der Waals surface area contributed by atoms with E-state index in [2.05, 4.69) is 5.32 Å². The van der Waals surface area contributed by atoms with E-state index in [0.29, 0.717) is 45.2 Å². The third kappa shape index (κ3) is 5.96. The SMILES string of the molecule is O=CC(OC1CCC(Nc2ccc([N+](=O)[O-])c(C(F)(F)F)c2)CC1)N1CCc2cc(F)ccc2C1. The Labute approximate surface area is 199 Å². The predicted octanol–water partition coefficient (Wildman–Crippen LogP) is 5.08. The Morgan fingerprint density at radius 1 is 1.11 bits per heavy atom. The molecule has 0 saturated heterocycles. The average Bonchev–Trinajstić information content (AvgIpc) is 2.82. The quantitative estimate of drug-likeness (QED) is 0.250. The third-order valence-electron chi connectivity index (χ3n) is 6.56. The van der Waals surface area contributed by atoms with Gasteiger partial charge in [0.25, 0.3) is 5.69 Å². The molecule has 1 fully saturated rings. The summed E-state index contributed by atoms with van der Waals surface area (Å²) in [7, 11) is 0. The fourth-order valence-corrected chi connectivity index (χ4v) is 4.75. The highest BCUT2D eigenvalue weighted by Gasteiger charge is 2.38. The molecule has 0 amide bonds. The zero-order valence-corrected chi connectivity index (χ0v) is 18.8. The highest BCUT2D eigenvalue weighted by molar-refractivity contribution is 5.56. The molecule has 0 spiro atoms. The summed E-state index contributed by atoms with van der Waals surface area (Å²) < 4.78 is 59.2. The monoisotopic (exact) mass is 495 g/mol. The number of carbonyl (C=O) groups excluding carboxylic acids is 1. The number of hydrogen-bond donors (Lipinski definition) is 1. The molecule has 2 aromatic carbocycles. The van der Waals surface area contributed by atoms with Crippen molar-refractivity contribution in [2.75, 3.05) is 11.9 Å². The molecule has 7 nitrogen and oxygen atoms in total. The predicted molar refractivity (Wildman–Crippen MR) is 119 cm³/mol. The lowest BCUT2D eigenvalue weighted by Gasteiger charge is -2.36. The van der Waals surface area contributed by atoms with Gasteiger partial charge in [-0.3, -0.25) is 19.8 Å². The zero-order chi connectivity index (χ0) is 25.2. The minimum Gasteiger partial charge on any atom is -0.382 e. The number of alkyl halides is 3. The number of aldehydes is 1. The van der Waals surface area contributed by atoms with Crippen LogP contribution in [0.15, 0.2) is 36.4 Å². The Morgan fingerprint density at radius 3 is 2.51 bits per heavy atom. The van der Waals surface area contributed by atoms with Gasteiger partial charge < -0.3 is 10.1 Å². The van der Waals surface area contributed by atoms with E-state index in [4.69, 9.17) is 4.74 Å². The molecular weight excluding hydrogens is 470 g/mol. The molecule has 1 saturated carbocycles. The maximum absolute atomic E-state index is 13.4. The maximum atomic E-state index is 13.4. The molecule has 2 aromatic rings. The lowest BCUT2D eigenvalue weighted by molar-refractivity contribution is -0.388. The van der Waals surface area contributed by atoms with E-state index in [1.165, 1.54) is 18.2 Å². The fourth-order valence-electron chi connectivity index (χ4n) is 4.75. The molecule has 35 heavy (non-hydrogen) atoms. The Morgan fingerprint density at radius 2 is 1.86 bits per heavy atom. The van der Waals surface area contributed by atoms with Crippen LogP contribution in [0.3, 0.4) is 0 Å². The van der Waals surface area contributed by atoms with Crippen LogP contribution < -0.4 is 5.32 Å². The number of nitro groups is 1. The van der Waals surface area contributed by atoms with Crippen molar-refractivity contribution in [1.29, 1.82) is 0 Å². The van der Waals surface area contributed by atoms with E-state index in [9.17, 15) is 32.5 Å². The highest BCUT2D eigenvalue weighted by atomic mass is 19.4. The summed E-state index contributed by atoms with van der Waals surface area (Å²) in [6.45, 7) is 1.05. The number of carbonyl (C=O) groups is 1. The minimum absolute atomic E-state index is 0.121. The van der Waals surface area contributed by atoms with E-state index in [0.717, 1.165) is 29.5 Å². The molecule has 1 aliphatic carbocycles. The van der Waals surface area contributed by atoms with Crippen LogP contribution in [-0.2, 0) is 28.7 Å². The summed E-state index contributed by atoms with van der Waals surface area (Å²) in [5.74, 6) is -0.283. The van der Waals surface area contributed by atoms with Crippen LogP contribution in [0, 0.1) is 15.9 Å². The Balaban J connectivity index is 1.32. The first-order chi connectivity index (χ1) is 16.6. The first-order valence-corrected chi connectivity index (χ1v) is 11.4. The number of nitrogens with one attached hydrogen (secondary N) is 1. The van der Waals surface area contributed by atoms with E-state index < -0.39 is 28.6 Å². The van der Waals surface area contributed by atoms with Crippen LogP contribution in [0.4, 0.5) is 28.9 Å². The van der Waals surface area contributed by atoms with Crippen LogP contribution in [0.2, 0.25) is 0 Å². The van der Waals surface area contributed by atoms with Crippen LogP contribution in [0.5, 0.6) is 0 Å². The molecule has 1 aliphatic heterocycles. The van der Waals surface area contributed by atoms with E-state index in [1.54, 1.807) is 6.07 Å². The smallest absolute Gasteiger partial charge is 0.382 e. The lowest BCUT2D eigenvalue weighted by Crippen LogP contribution is -2.44. The average molecular weight is 495 g/mol. The van der Waals surface area contributed by atoms with Gasteiger partial charge in [-0.25, -0.2) is 4.39 Å². The molecule has 0 aromatic heterocycles. The van der Waals surface area contributed by atoms with Crippen LogP contribution in [0.1, 0.15) is 42.4 Å². The van der Waals surface area contributed by atoms with Crippen molar-refractivity contribution in [1.82, 2.24) is 4.90 Å². The summed E-state index contributed by atoms with van der Waals surface area (Å²) in [6, 6.07) is 7.42. The summed E-state index contributed by atoms with van der Waals surface area (Å²) in [6.07, 6.45) is -1.94. The van der Waals surface area contributed by atoms with Crippen molar-refractivity contribution < 1.29 is 32.0 Å². The standard InChI is InChI=1S/C24H25F4N3O4/c25-17-2-1-16-13-30(10-9-15(16)11-17)23(14-32)35-20-6-3-18(4-7-20)29-19-5-8-22(31(33)34)21(12-19)24(26,27)28/h1-2,5,8,11-12,14,18,20,23,29H,3-4,6-7,9-10,13H2. The number of anilines is 1.